The lowest BCUT2D eigenvalue weighted by Crippen LogP contribution is -2.17. The van der Waals surface area contributed by atoms with Crippen molar-refractivity contribution >= 4 is 17.5 Å². The molecule has 2 aromatic rings. The van der Waals surface area contributed by atoms with E-state index in [9.17, 15) is 0 Å². The van der Waals surface area contributed by atoms with Gasteiger partial charge in [-0.2, -0.15) is 0 Å². The van der Waals surface area contributed by atoms with E-state index in [0.29, 0.717) is 18.4 Å². The predicted octanol–water partition coefficient (Wildman–Crippen LogP) is 5.69. The normalized spacial score (nSPS) is 16.3. The van der Waals surface area contributed by atoms with E-state index in [2.05, 4.69) is 45.9 Å². The minimum absolute atomic E-state index is 0.180. The molecule has 1 heterocycles. The van der Waals surface area contributed by atoms with Gasteiger partial charge >= 0.3 is 0 Å². The number of rotatable bonds is 3. The Labute approximate surface area is 143 Å². The highest BCUT2D eigenvalue weighted by atomic mass is 35.5. The Kier molecular flexibility index (Phi) is 4.20. The van der Waals surface area contributed by atoms with Gasteiger partial charge in [-0.05, 0) is 48.6 Å². The number of ether oxygens (including phenoxy) is 1. The van der Waals surface area contributed by atoms with Crippen LogP contribution in [-0.2, 0) is 4.74 Å². The molecule has 1 aliphatic rings. The summed E-state index contributed by atoms with van der Waals surface area (Å²) in [7, 11) is 0. The lowest BCUT2D eigenvalue weighted by molar-refractivity contribution is 0.279. The van der Waals surface area contributed by atoms with E-state index >= 15 is 0 Å². The van der Waals surface area contributed by atoms with E-state index in [-0.39, 0.29) is 5.54 Å². The summed E-state index contributed by atoms with van der Waals surface area (Å²) in [6.07, 6.45) is 0. The Morgan fingerprint density at radius 2 is 1.78 bits per heavy atom. The fourth-order valence-electron chi connectivity index (χ4n) is 2.79. The zero-order valence-electron chi connectivity index (χ0n) is 14.1. The lowest BCUT2D eigenvalue weighted by Gasteiger charge is -2.16. The zero-order chi connectivity index (χ0) is 16.6. The zero-order valence-corrected chi connectivity index (χ0v) is 14.8. The quantitative estimate of drug-likeness (QED) is 0.710. The molecule has 2 nitrogen and oxygen atoms in total. The van der Waals surface area contributed by atoms with Crippen molar-refractivity contribution in [3.05, 3.63) is 58.6 Å². The number of aliphatic imine (C=N–C) groups is 1. The van der Waals surface area contributed by atoms with Crippen molar-refractivity contribution < 1.29 is 4.74 Å². The van der Waals surface area contributed by atoms with Gasteiger partial charge in [-0.1, -0.05) is 55.8 Å². The third-order valence-corrected chi connectivity index (χ3v) is 4.37. The standard InChI is InChI=1S/C20H22ClNO/c1-13(2)15-10-17(19-22-20(3,4)12-23-19)16(11-18(15)21)14-8-6-5-7-9-14/h5-11,13H,12H2,1-4H3. The predicted molar refractivity (Wildman–Crippen MR) is 97.5 cm³/mol. The molecule has 23 heavy (non-hydrogen) atoms. The van der Waals surface area contributed by atoms with Gasteiger partial charge in [0.1, 0.15) is 6.61 Å². The summed E-state index contributed by atoms with van der Waals surface area (Å²) in [5.41, 5.74) is 4.15. The van der Waals surface area contributed by atoms with Crippen LogP contribution in [0.15, 0.2) is 47.5 Å². The van der Waals surface area contributed by atoms with Crippen LogP contribution in [0.4, 0.5) is 0 Å². The molecule has 0 N–H and O–H groups in total. The summed E-state index contributed by atoms with van der Waals surface area (Å²) in [5.74, 6) is 1.06. The molecule has 0 radical (unpaired) electrons. The molecule has 0 atom stereocenters. The molecule has 1 aliphatic heterocycles. The maximum Gasteiger partial charge on any atom is 0.217 e. The molecular formula is C20H22ClNO. The topological polar surface area (TPSA) is 21.6 Å². The van der Waals surface area contributed by atoms with E-state index in [1.165, 1.54) is 0 Å². The van der Waals surface area contributed by atoms with Gasteiger partial charge < -0.3 is 4.74 Å². The van der Waals surface area contributed by atoms with Gasteiger partial charge in [0.05, 0.1) is 5.54 Å². The molecule has 120 valence electrons. The van der Waals surface area contributed by atoms with Crippen molar-refractivity contribution in [1.29, 1.82) is 0 Å². The third-order valence-electron chi connectivity index (χ3n) is 4.04. The van der Waals surface area contributed by atoms with E-state index in [4.69, 9.17) is 21.3 Å². The number of hydrogen-bond donors (Lipinski definition) is 0. The molecule has 0 aliphatic carbocycles. The molecule has 0 saturated carbocycles. The van der Waals surface area contributed by atoms with Gasteiger partial charge in [0.2, 0.25) is 5.90 Å². The Morgan fingerprint density at radius 3 is 2.35 bits per heavy atom. The van der Waals surface area contributed by atoms with E-state index in [1.54, 1.807) is 0 Å². The van der Waals surface area contributed by atoms with Crippen LogP contribution >= 0.6 is 11.6 Å². The van der Waals surface area contributed by atoms with E-state index < -0.39 is 0 Å². The van der Waals surface area contributed by atoms with Gasteiger partial charge in [-0.15, -0.1) is 0 Å². The molecular weight excluding hydrogens is 306 g/mol. The van der Waals surface area contributed by atoms with Crippen molar-refractivity contribution in [3.8, 4) is 11.1 Å². The van der Waals surface area contributed by atoms with Crippen LogP contribution in [-0.4, -0.2) is 18.0 Å². The second kappa shape index (κ2) is 6.01. The molecule has 0 amide bonds. The fourth-order valence-corrected chi connectivity index (χ4v) is 3.17. The minimum Gasteiger partial charge on any atom is -0.475 e. The molecule has 0 saturated heterocycles. The maximum atomic E-state index is 6.53. The average molecular weight is 328 g/mol. The number of halogens is 1. The van der Waals surface area contributed by atoms with Crippen molar-refractivity contribution in [2.45, 2.75) is 39.2 Å². The van der Waals surface area contributed by atoms with E-state index in [1.807, 2.05) is 24.3 Å². The molecule has 0 bridgehead atoms. The summed E-state index contributed by atoms with van der Waals surface area (Å²) in [5, 5.41) is 0.792. The monoisotopic (exact) mass is 327 g/mol. The fraction of sp³-hybridized carbons (Fsp3) is 0.350. The first-order valence-electron chi connectivity index (χ1n) is 7.99. The van der Waals surface area contributed by atoms with Crippen LogP contribution in [0.25, 0.3) is 11.1 Å². The molecule has 2 aromatic carbocycles. The molecule has 0 fully saturated rings. The largest absolute Gasteiger partial charge is 0.475 e. The van der Waals surface area contributed by atoms with Crippen LogP contribution in [0.3, 0.4) is 0 Å². The third kappa shape index (κ3) is 3.28. The van der Waals surface area contributed by atoms with Crippen LogP contribution < -0.4 is 0 Å². The summed E-state index contributed by atoms with van der Waals surface area (Å²) < 4.78 is 5.90. The summed E-state index contributed by atoms with van der Waals surface area (Å²) in [6.45, 7) is 9.07. The second-order valence-electron chi connectivity index (χ2n) is 6.96. The molecule has 3 rings (SSSR count). The second-order valence-corrected chi connectivity index (χ2v) is 7.37. The molecule has 0 unspecified atom stereocenters. The smallest absolute Gasteiger partial charge is 0.217 e. The van der Waals surface area contributed by atoms with Crippen molar-refractivity contribution in [2.75, 3.05) is 6.61 Å². The molecule has 0 spiro atoms. The first-order valence-corrected chi connectivity index (χ1v) is 8.37. The first kappa shape index (κ1) is 16.1. The Hall–Kier alpha value is -1.80. The van der Waals surface area contributed by atoms with Gasteiger partial charge in [0, 0.05) is 10.6 Å². The van der Waals surface area contributed by atoms with Crippen LogP contribution in [0.2, 0.25) is 5.02 Å². The highest BCUT2D eigenvalue weighted by molar-refractivity contribution is 6.32. The first-order chi connectivity index (χ1) is 10.9. The lowest BCUT2D eigenvalue weighted by atomic mass is 9.93. The van der Waals surface area contributed by atoms with E-state index in [0.717, 1.165) is 27.3 Å². The van der Waals surface area contributed by atoms with Crippen molar-refractivity contribution in [2.24, 2.45) is 4.99 Å². The van der Waals surface area contributed by atoms with Crippen LogP contribution in [0.5, 0.6) is 0 Å². The summed E-state index contributed by atoms with van der Waals surface area (Å²) >= 11 is 6.53. The number of nitrogens with zero attached hydrogens (tertiary/aromatic N) is 1. The number of benzene rings is 2. The SMILES string of the molecule is CC(C)c1cc(C2=NC(C)(C)CO2)c(-c2ccccc2)cc1Cl. The number of hydrogen-bond acceptors (Lipinski definition) is 2. The van der Waals surface area contributed by atoms with Crippen LogP contribution in [0, 0.1) is 0 Å². The average Bonchev–Trinajstić information content (AvgIpc) is 2.87. The van der Waals surface area contributed by atoms with Crippen LogP contribution in [0.1, 0.15) is 44.7 Å². The highest BCUT2D eigenvalue weighted by Crippen LogP contribution is 2.35. The van der Waals surface area contributed by atoms with Crippen molar-refractivity contribution in [1.82, 2.24) is 0 Å². The van der Waals surface area contributed by atoms with Gasteiger partial charge in [0.25, 0.3) is 0 Å². The van der Waals surface area contributed by atoms with Crippen molar-refractivity contribution in [3.63, 3.8) is 0 Å². The van der Waals surface area contributed by atoms with Gasteiger partial charge in [-0.25, -0.2) is 4.99 Å². The Balaban J connectivity index is 2.21. The van der Waals surface area contributed by atoms with Gasteiger partial charge in [0.15, 0.2) is 0 Å². The summed E-state index contributed by atoms with van der Waals surface area (Å²) in [4.78, 5) is 4.76. The Bertz CT molecular complexity index is 748. The molecule has 3 heteroatoms. The Morgan fingerprint density at radius 1 is 1.09 bits per heavy atom. The summed E-state index contributed by atoms with van der Waals surface area (Å²) in [6, 6.07) is 14.4. The maximum absolute atomic E-state index is 6.53. The van der Waals surface area contributed by atoms with Gasteiger partial charge in [-0.3, -0.25) is 0 Å². The highest BCUT2D eigenvalue weighted by Gasteiger charge is 2.29. The molecule has 0 aromatic heterocycles. The minimum atomic E-state index is -0.180.